The number of esters is 1. The van der Waals surface area contributed by atoms with E-state index in [1.54, 1.807) is 43.5 Å². The molecule has 0 spiro atoms. The molecule has 164 valence electrons. The zero-order valence-electron chi connectivity index (χ0n) is 17.4. The second-order valence-electron chi connectivity index (χ2n) is 7.28. The van der Waals surface area contributed by atoms with Gasteiger partial charge in [0, 0.05) is 18.7 Å². The van der Waals surface area contributed by atoms with E-state index < -0.39 is 30.4 Å². The van der Waals surface area contributed by atoms with Crippen LogP contribution in [0.3, 0.4) is 0 Å². The fraction of sp³-hybridized carbons (Fsp3) is 0.208. The fourth-order valence-electron chi connectivity index (χ4n) is 3.59. The number of amides is 2. The standard InChI is InChI=1S/C24H22N2O6/c1-30-19-10-8-18(9-11-19)25-22(27)15-32-24(29)20-13-16-5-2-3-6-17(16)14-26(20)23(28)21-7-4-12-31-21/h2-12,20H,13-15H2,1H3,(H,25,27). The first-order valence-corrected chi connectivity index (χ1v) is 10.1. The van der Waals surface area contributed by atoms with Crippen LogP contribution in [0.1, 0.15) is 21.7 Å². The predicted molar refractivity (Wildman–Crippen MR) is 115 cm³/mol. The van der Waals surface area contributed by atoms with Crippen LogP contribution in [0, 0.1) is 0 Å². The van der Waals surface area contributed by atoms with Crippen LogP contribution < -0.4 is 10.1 Å². The monoisotopic (exact) mass is 434 g/mol. The highest BCUT2D eigenvalue weighted by Gasteiger charge is 2.37. The summed E-state index contributed by atoms with van der Waals surface area (Å²) >= 11 is 0. The second-order valence-corrected chi connectivity index (χ2v) is 7.28. The van der Waals surface area contributed by atoms with Crippen molar-refractivity contribution in [1.82, 2.24) is 4.90 Å². The molecule has 2 aromatic carbocycles. The Balaban J connectivity index is 1.43. The Labute approximate surface area is 184 Å². The molecule has 0 radical (unpaired) electrons. The first-order valence-electron chi connectivity index (χ1n) is 10.1. The molecule has 1 atom stereocenters. The largest absolute Gasteiger partial charge is 0.497 e. The molecule has 1 aliphatic rings. The molecule has 0 bridgehead atoms. The molecule has 32 heavy (non-hydrogen) atoms. The van der Waals surface area contributed by atoms with Gasteiger partial charge < -0.3 is 24.1 Å². The number of furan rings is 1. The maximum absolute atomic E-state index is 13.0. The number of hydrogen-bond donors (Lipinski definition) is 1. The van der Waals surface area contributed by atoms with Gasteiger partial charge in [-0.2, -0.15) is 0 Å². The number of rotatable bonds is 6. The summed E-state index contributed by atoms with van der Waals surface area (Å²) < 4.78 is 15.6. The molecule has 8 nitrogen and oxygen atoms in total. The number of methoxy groups -OCH3 is 1. The number of ether oxygens (including phenoxy) is 2. The van der Waals surface area contributed by atoms with Crippen LogP contribution in [0.4, 0.5) is 5.69 Å². The molecular formula is C24H22N2O6. The van der Waals surface area contributed by atoms with Gasteiger partial charge in [0.25, 0.3) is 11.8 Å². The fourth-order valence-corrected chi connectivity index (χ4v) is 3.59. The second kappa shape index (κ2) is 9.38. The van der Waals surface area contributed by atoms with Gasteiger partial charge in [-0.15, -0.1) is 0 Å². The molecule has 8 heteroatoms. The van der Waals surface area contributed by atoms with Gasteiger partial charge in [-0.05, 0) is 47.5 Å². The topological polar surface area (TPSA) is 98.1 Å². The molecule has 0 fully saturated rings. The summed E-state index contributed by atoms with van der Waals surface area (Å²) in [7, 11) is 1.55. The van der Waals surface area contributed by atoms with Crippen LogP contribution in [-0.4, -0.2) is 42.4 Å². The molecule has 0 aliphatic carbocycles. The highest BCUT2D eigenvalue weighted by Crippen LogP contribution is 2.26. The molecule has 1 unspecified atom stereocenters. The van der Waals surface area contributed by atoms with Crippen LogP contribution in [-0.2, 0) is 27.3 Å². The van der Waals surface area contributed by atoms with Crippen molar-refractivity contribution in [2.75, 3.05) is 19.0 Å². The van der Waals surface area contributed by atoms with Crippen LogP contribution in [0.25, 0.3) is 0 Å². The molecule has 3 aromatic rings. The van der Waals surface area contributed by atoms with Gasteiger partial charge in [-0.1, -0.05) is 24.3 Å². The van der Waals surface area contributed by atoms with Crippen molar-refractivity contribution in [2.45, 2.75) is 19.0 Å². The molecular weight excluding hydrogens is 412 g/mol. The minimum absolute atomic E-state index is 0.138. The summed E-state index contributed by atoms with van der Waals surface area (Å²) in [5, 5.41) is 2.66. The van der Waals surface area contributed by atoms with E-state index in [1.165, 1.54) is 11.2 Å². The molecule has 2 amide bonds. The third-order valence-corrected chi connectivity index (χ3v) is 5.23. The van der Waals surface area contributed by atoms with E-state index in [4.69, 9.17) is 13.9 Å². The lowest BCUT2D eigenvalue weighted by Gasteiger charge is -2.34. The minimum Gasteiger partial charge on any atom is -0.497 e. The van der Waals surface area contributed by atoms with E-state index in [-0.39, 0.29) is 12.3 Å². The lowest BCUT2D eigenvalue weighted by molar-refractivity contribution is -0.152. The average Bonchev–Trinajstić information content (AvgIpc) is 3.37. The van der Waals surface area contributed by atoms with Crippen LogP contribution >= 0.6 is 0 Å². The van der Waals surface area contributed by atoms with Crippen LogP contribution in [0.2, 0.25) is 0 Å². The SMILES string of the molecule is COc1ccc(NC(=O)COC(=O)C2Cc3ccccc3CN2C(=O)c2ccco2)cc1. The number of nitrogens with zero attached hydrogens (tertiary/aromatic N) is 1. The van der Waals surface area contributed by atoms with Gasteiger partial charge in [-0.25, -0.2) is 4.79 Å². The van der Waals surface area contributed by atoms with Crippen LogP contribution in [0.15, 0.2) is 71.3 Å². The molecule has 1 N–H and O–H groups in total. The summed E-state index contributed by atoms with van der Waals surface area (Å²) in [4.78, 5) is 39.5. The molecule has 1 aromatic heterocycles. The van der Waals surface area contributed by atoms with Gasteiger partial charge in [0.05, 0.1) is 13.4 Å². The lowest BCUT2D eigenvalue weighted by atomic mass is 9.93. The van der Waals surface area contributed by atoms with E-state index >= 15 is 0 Å². The van der Waals surface area contributed by atoms with E-state index in [1.807, 2.05) is 24.3 Å². The van der Waals surface area contributed by atoms with E-state index in [2.05, 4.69) is 5.32 Å². The average molecular weight is 434 g/mol. The number of benzene rings is 2. The van der Waals surface area contributed by atoms with Crippen molar-refractivity contribution >= 4 is 23.5 Å². The molecule has 0 saturated heterocycles. The Morgan fingerprint density at radius 2 is 1.78 bits per heavy atom. The Bertz CT molecular complexity index is 1110. The number of carbonyl (C=O) groups is 3. The van der Waals surface area contributed by atoms with Crippen molar-refractivity contribution < 1.29 is 28.3 Å². The number of anilines is 1. The molecule has 2 heterocycles. The maximum Gasteiger partial charge on any atom is 0.329 e. The van der Waals surface area contributed by atoms with Crippen LogP contribution in [0.5, 0.6) is 5.75 Å². The third kappa shape index (κ3) is 4.64. The van der Waals surface area contributed by atoms with E-state index in [0.29, 0.717) is 17.9 Å². The Morgan fingerprint density at radius 1 is 1.03 bits per heavy atom. The number of carbonyl (C=O) groups excluding carboxylic acids is 3. The first-order chi connectivity index (χ1) is 15.5. The van der Waals surface area contributed by atoms with Gasteiger partial charge >= 0.3 is 5.97 Å². The van der Waals surface area contributed by atoms with Gasteiger partial charge in [-0.3, -0.25) is 9.59 Å². The van der Waals surface area contributed by atoms with Crippen molar-refractivity contribution in [1.29, 1.82) is 0 Å². The predicted octanol–water partition coefficient (Wildman–Crippen LogP) is 3.04. The lowest BCUT2D eigenvalue weighted by Crippen LogP contribution is -2.49. The van der Waals surface area contributed by atoms with E-state index in [9.17, 15) is 14.4 Å². The van der Waals surface area contributed by atoms with Crippen molar-refractivity contribution in [3.63, 3.8) is 0 Å². The molecule has 4 rings (SSSR count). The highest BCUT2D eigenvalue weighted by atomic mass is 16.5. The number of nitrogens with one attached hydrogen (secondary N) is 1. The van der Waals surface area contributed by atoms with Crippen molar-refractivity contribution in [3.05, 3.63) is 83.8 Å². The quantitative estimate of drug-likeness (QED) is 0.599. The number of fused-ring (bicyclic) bond motifs is 1. The summed E-state index contributed by atoms with van der Waals surface area (Å²) in [5.74, 6) is -0.741. The van der Waals surface area contributed by atoms with Gasteiger partial charge in [0.15, 0.2) is 12.4 Å². The maximum atomic E-state index is 13.0. The van der Waals surface area contributed by atoms with E-state index in [0.717, 1.165) is 11.1 Å². The Morgan fingerprint density at radius 3 is 2.47 bits per heavy atom. The number of hydrogen-bond acceptors (Lipinski definition) is 6. The third-order valence-electron chi connectivity index (χ3n) is 5.23. The molecule has 0 saturated carbocycles. The smallest absolute Gasteiger partial charge is 0.329 e. The Kier molecular flexibility index (Phi) is 6.21. The summed E-state index contributed by atoms with van der Waals surface area (Å²) in [6, 6.07) is 16.7. The Hall–Kier alpha value is -4.07. The zero-order chi connectivity index (χ0) is 22.5. The normalized spacial score (nSPS) is 14.9. The summed E-state index contributed by atoms with van der Waals surface area (Å²) in [6.07, 6.45) is 1.70. The summed E-state index contributed by atoms with van der Waals surface area (Å²) in [6.45, 7) is -0.223. The van der Waals surface area contributed by atoms with Gasteiger partial charge in [0.1, 0.15) is 11.8 Å². The first kappa shape index (κ1) is 21.2. The summed E-state index contributed by atoms with van der Waals surface area (Å²) in [5.41, 5.74) is 2.46. The highest BCUT2D eigenvalue weighted by molar-refractivity contribution is 5.96. The minimum atomic E-state index is -0.865. The van der Waals surface area contributed by atoms with Gasteiger partial charge in [0.2, 0.25) is 0 Å². The van der Waals surface area contributed by atoms with Crippen molar-refractivity contribution in [2.24, 2.45) is 0 Å². The molecule has 1 aliphatic heterocycles. The zero-order valence-corrected chi connectivity index (χ0v) is 17.4. The van der Waals surface area contributed by atoms with Crippen molar-refractivity contribution in [3.8, 4) is 5.75 Å².